The molecular formula is C18H24F3N3O2. The van der Waals surface area contributed by atoms with E-state index in [1.54, 1.807) is 0 Å². The number of alkyl halides is 3. The molecule has 0 radical (unpaired) electrons. The van der Waals surface area contributed by atoms with Crippen LogP contribution in [0, 0.1) is 5.92 Å². The predicted octanol–water partition coefficient (Wildman–Crippen LogP) is 2.95. The van der Waals surface area contributed by atoms with Gasteiger partial charge in [0.1, 0.15) is 5.82 Å². The third-order valence-electron chi connectivity index (χ3n) is 4.97. The number of rotatable bonds is 2. The largest absolute Gasteiger partial charge is 0.417 e. The lowest BCUT2D eigenvalue weighted by atomic mass is 9.94. The maximum Gasteiger partial charge on any atom is 0.417 e. The minimum Gasteiger partial charge on any atom is -0.372 e. The molecule has 8 heteroatoms. The molecule has 26 heavy (non-hydrogen) atoms. The fraction of sp³-hybridized carbons (Fsp3) is 0.667. The molecule has 2 saturated heterocycles. The predicted molar refractivity (Wildman–Crippen MR) is 90.8 cm³/mol. The summed E-state index contributed by atoms with van der Waals surface area (Å²) in [5, 5.41) is 0. The van der Waals surface area contributed by atoms with Crippen LogP contribution in [0.15, 0.2) is 18.3 Å². The molecule has 3 heterocycles. The smallest absolute Gasteiger partial charge is 0.372 e. The summed E-state index contributed by atoms with van der Waals surface area (Å²) in [6.45, 7) is 6.39. The van der Waals surface area contributed by atoms with Gasteiger partial charge in [-0.15, -0.1) is 0 Å². The Balaban J connectivity index is 1.56. The van der Waals surface area contributed by atoms with Crippen LogP contribution in [-0.2, 0) is 15.7 Å². The molecule has 0 aromatic carbocycles. The van der Waals surface area contributed by atoms with E-state index in [1.807, 2.05) is 23.6 Å². The van der Waals surface area contributed by atoms with Crippen molar-refractivity contribution in [1.29, 1.82) is 0 Å². The van der Waals surface area contributed by atoms with Crippen LogP contribution in [0.5, 0.6) is 0 Å². The summed E-state index contributed by atoms with van der Waals surface area (Å²) in [5.74, 6) is 0.641. The Hall–Kier alpha value is -1.83. The summed E-state index contributed by atoms with van der Waals surface area (Å²) in [5.41, 5.74) is -0.748. The first-order chi connectivity index (χ1) is 12.2. The van der Waals surface area contributed by atoms with Gasteiger partial charge in [-0.3, -0.25) is 4.79 Å². The zero-order valence-electron chi connectivity index (χ0n) is 15.0. The summed E-state index contributed by atoms with van der Waals surface area (Å²) in [7, 11) is 0. The minimum absolute atomic E-state index is 0.0409. The standard InChI is InChI=1S/C18H24F3N3O2/c1-12-10-24(11-13(2)26-12)17(25)14-5-7-23(8-6-14)16-4-3-15(9-22-16)18(19,20)21/h3-4,9,12-14H,5-8,10-11H2,1-2H3/t12-,13+. The summed E-state index contributed by atoms with van der Waals surface area (Å²) < 4.78 is 43.6. The summed E-state index contributed by atoms with van der Waals surface area (Å²) >= 11 is 0. The summed E-state index contributed by atoms with van der Waals surface area (Å²) in [6, 6.07) is 2.45. The van der Waals surface area contributed by atoms with Crippen molar-refractivity contribution in [1.82, 2.24) is 9.88 Å². The molecule has 0 N–H and O–H groups in total. The van der Waals surface area contributed by atoms with E-state index >= 15 is 0 Å². The molecule has 0 saturated carbocycles. The van der Waals surface area contributed by atoms with E-state index in [0.717, 1.165) is 12.3 Å². The Morgan fingerprint density at radius 2 is 1.77 bits per heavy atom. The molecule has 1 amide bonds. The second-order valence-electron chi connectivity index (χ2n) is 7.16. The van der Waals surface area contributed by atoms with Gasteiger partial charge in [-0.25, -0.2) is 4.98 Å². The van der Waals surface area contributed by atoms with Gasteiger partial charge >= 0.3 is 6.18 Å². The Bertz CT molecular complexity index is 618. The molecule has 0 aliphatic carbocycles. The lowest BCUT2D eigenvalue weighted by molar-refractivity contribution is -0.148. The van der Waals surface area contributed by atoms with Crippen molar-refractivity contribution in [3.05, 3.63) is 23.9 Å². The number of hydrogen-bond acceptors (Lipinski definition) is 4. The number of morpholine rings is 1. The molecule has 0 bridgehead atoms. The maximum absolute atomic E-state index is 12.8. The zero-order chi connectivity index (χ0) is 18.9. The second kappa shape index (κ2) is 7.42. The number of pyridine rings is 1. The number of hydrogen-bond donors (Lipinski definition) is 0. The van der Waals surface area contributed by atoms with Gasteiger partial charge in [-0.05, 0) is 38.8 Å². The number of ether oxygens (including phenoxy) is 1. The van der Waals surface area contributed by atoms with Crippen LogP contribution in [0.25, 0.3) is 0 Å². The van der Waals surface area contributed by atoms with Gasteiger partial charge in [-0.2, -0.15) is 13.2 Å². The molecular weight excluding hydrogens is 347 g/mol. The highest BCUT2D eigenvalue weighted by atomic mass is 19.4. The quantitative estimate of drug-likeness (QED) is 0.802. The van der Waals surface area contributed by atoms with Crippen LogP contribution in [0.1, 0.15) is 32.3 Å². The van der Waals surface area contributed by atoms with Crippen molar-refractivity contribution in [3.8, 4) is 0 Å². The number of nitrogens with zero attached hydrogens (tertiary/aromatic N) is 3. The number of anilines is 1. The maximum atomic E-state index is 12.8. The fourth-order valence-corrected chi connectivity index (χ4v) is 3.71. The highest BCUT2D eigenvalue weighted by Gasteiger charge is 2.34. The van der Waals surface area contributed by atoms with Gasteiger partial charge in [-0.1, -0.05) is 0 Å². The molecule has 1 aromatic heterocycles. The molecule has 2 aliphatic heterocycles. The second-order valence-corrected chi connectivity index (χ2v) is 7.16. The van der Waals surface area contributed by atoms with E-state index in [0.29, 0.717) is 44.8 Å². The van der Waals surface area contributed by atoms with Crippen LogP contribution >= 0.6 is 0 Å². The van der Waals surface area contributed by atoms with E-state index in [4.69, 9.17) is 4.74 Å². The first-order valence-electron chi connectivity index (χ1n) is 8.96. The van der Waals surface area contributed by atoms with Crippen LogP contribution in [0.2, 0.25) is 0 Å². The SMILES string of the molecule is C[C@@H]1CN(C(=O)C2CCN(c3ccc(C(F)(F)F)cn3)CC2)C[C@H](C)O1. The molecule has 144 valence electrons. The van der Waals surface area contributed by atoms with Gasteiger partial charge in [0.05, 0.1) is 17.8 Å². The van der Waals surface area contributed by atoms with Crippen LogP contribution in [0.4, 0.5) is 19.0 Å². The van der Waals surface area contributed by atoms with E-state index < -0.39 is 11.7 Å². The fourth-order valence-electron chi connectivity index (χ4n) is 3.71. The highest BCUT2D eigenvalue weighted by Crippen LogP contribution is 2.30. The number of halogens is 3. The Labute approximate surface area is 151 Å². The average molecular weight is 371 g/mol. The number of carbonyl (C=O) groups is 1. The van der Waals surface area contributed by atoms with Crippen molar-refractivity contribution in [2.75, 3.05) is 31.1 Å². The lowest BCUT2D eigenvalue weighted by Crippen LogP contribution is -2.51. The van der Waals surface area contributed by atoms with Crippen LogP contribution in [-0.4, -0.2) is 54.2 Å². The van der Waals surface area contributed by atoms with Crippen LogP contribution in [0.3, 0.4) is 0 Å². The summed E-state index contributed by atoms with van der Waals surface area (Å²) in [4.78, 5) is 20.5. The molecule has 2 fully saturated rings. The van der Waals surface area contributed by atoms with Gasteiger partial charge < -0.3 is 14.5 Å². The first kappa shape index (κ1) is 18.9. The molecule has 1 aromatic rings. The average Bonchev–Trinajstić information content (AvgIpc) is 2.60. The van der Waals surface area contributed by atoms with Crippen molar-refractivity contribution < 1.29 is 22.7 Å². The number of piperidine rings is 1. The van der Waals surface area contributed by atoms with E-state index in [9.17, 15) is 18.0 Å². The molecule has 2 atom stereocenters. The van der Waals surface area contributed by atoms with Crippen molar-refractivity contribution in [2.45, 2.75) is 45.1 Å². The van der Waals surface area contributed by atoms with Crippen molar-refractivity contribution in [2.24, 2.45) is 5.92 Å². The Morgan fingerprint density at radius 1 is 1.15 bits per heavy atom. The minimum atomic E-state index is -4.38. The molecule has 2 aliphatic rings. The summed E-state index contributed by atoms with van der Waals surface area (Å²) in [6.07, 6.45) is -2.07. The third-order valence-corrected chi connectivity index (χ3v) is 4.97. The van der Waals surface area contributed by atoms with E-state index in [2.05, 4.69) is 4.98 Å². The zero-order valence-corrected chi connectivity index (χ0v) is 15.0. The normalized spacial score (nSPS) is 25.4. The van der Waals surface area contributed by atoms with Crippen molar-refractivity contribution in [3.63, 3.8) is 0 Å². The van der Waals surface area contributed by atoms with Gasteiger partial charge in [0.2, 0.25) is 5.91 Å². The van der Waals surface area contributed by atoms with Crippen molar-refractivity contribution >= 4 is 11.7 Å². The van der Waals surface area contributed by atoms with E-state index in [-0.39, 0.29) is 24.0 Å². The van der Waals surface area contributed by atoms with Crippen LogP contribution < -0.4 is 4.90 Å². The van der Waals surface area contributed by atoms with Gasteiger partial charge in [0, 0.05) is 38.3 Å². The monoisotopic (exact) mass is 371 g/mol. The number of amides is 1. The number of carbonyl (C=O) groups excluding carboxylic acids is 1. The van der Waals surface area contributed by atoms with Gasteiger partial charge in [0.15, 0.2) is 0 Å². The Kier molecular flexibility index (Phi) is 5.41. The number of aromatic nitrogens is 1. The Morgan fingerprint density at radius 3 is 2.27 bits per heavy atom. The topological polar surface area (TPSA) is 45.7 Å². The third kappa shape index (κ3) is 4.28. The van der Waals surface area contributed by atoms with E-state index in [1.165, 1.54) is 6.07 Å². The molecule has 5 nitrogen and oxygen atoms in total. The molecule has 3 rings (SSSR count). The molecule has 0 unspecified atom stereocenters. The molecule has 0 spiro atoms. The lowest BCUT2D eigenvalue weighted by Gasteiger charge is -2.39. The highest BCUT2D eigenvalue weighted by molar-refractivity contribution is 5.79. The van der Waals surface area contributed by atoms with Gasteiger partial charge in [0.25, 0.3) is 0 Å². The first-order valence-corrected chi connectivity index (χ1v) is 8.96.